The number of ether oxygens (including phenoxy) is 1. The largest absolute Gasteiger partial charge is 0.380 e. The van der Waals surface area contributed by atoms with E-state index in [-0.39, 0.29) is 0 Å². The molecule has 0 aromatic carbocycles. The van der Waals surface area contributed by atoms with Gasteiger partial charge in [0.25, 0.3) is 0 Å². The Labute approximate surface area is 133 Å². The van der Waals surface area contributed by atoms with Gasteiger partial charge < -0.3 is 10.1 Å². The Kier molecular flexibility index (Phi) is 19.3. The molecular formula is C19H39NO. The predicted molar refractivity (Wildman–Crippen MR) is 95.0 cm³/mol. The molecule has 0 bridgehead atoms. The summed E-state index contributed by atoms with van der Waals surface area (Å²) in [5, 5.41) is 3.39. The SMILES string of the molecule is C=CCCCNCCOCCCCCCCCCCCC. The highest BCUT2D eigenvalue weighted by Gasteiger charge is 1.93. The van der Waals surface area contributed by atoms with Crippen molar-refractivity contribution in [3.8, 4) is 0 Å². The lowest BCUT2D eigenvalue weighted by Gasteiger charge is -2.06. The van der Waals surface area contributed by atoms with Crippen molar-refractivity contribution in [2.75, 3.05) is 26.3 Å². The quantitative estimate of drug-likeness (QED) is 0.267. The lowest BCUT2D eigenvalue weighted by molar-refractivity contribution is 0.131. The van der Waals surface area contributed by atoms with Gasteiger partial charge in [-0.3, -0.25) is 0 Å². The van der Waals surface area contributed by atoms with Crippen LogP contribution in [0.5, 0.6) is 0 Å². The van der Waals surface area contributed by atoms with Gasteiger partial charge in [-0.1, -0.05) is 70.8 Å². The van der Waals surface area contributed by atoms with E-state index in [1.807, 2.05) is 6.08 Å². The van der Waals surface area contributed by atoms with Crippen molar-refractivity contribution in [2.45, 2.75) is 84.0 Å². The molecule has 0 fully saturated rings. The third kappa shape index (κ3) is 19.7. The summed E-state index contributed by atoms with van der Waals surface area (Å²) >= 11 is 0. The van der Waals surface area contributed by atoms with Crippen molar-refractivity contribution in [1.82, 2.24) is 5.32 Å². The molecule has 126 valence electrons. The number of allylic oxidation sites excluding steroid dienone is 1. The van der Waals surface area contributed by atoms with Crippen molar-refractivity contribution >= 4 is 0 Å². The maximum atomic E-state index is 5.63. The monoisotopic (exact) mass is 297 g/mol. The molecule has 0 rings (SSSR count). The standard InChI is InChI=1S/C19H39NO/c1-3-5-7-8-9-10-11-12-13-15-18-21-19-17-20-16-14-6-4-2/h4,20H,2-3,5-19H2,1H3. The molecule has 0 aliphatic heterocycles. The molecule has 0 aromatic rings. The first-order valence-electron chi connectivity index (χ1n) is 9.31. The molecule has 0 spiro atoms. The van der Waals surface area contributed by atoms with Gasteiger partial charge in [0.15, 0.2) is 0 Å². The molecule has 2 nitrogen and oxygen atoms in total. The minimum absolute atomic E-state index is 0.853. The molecule has 0 saturated heterocycles. The molecule has 0 aliphatic carbocycles. The molecule has 0 atom stereocenters. The van der Waals surface area contributed by atoms with E-state index in [1.54, 1.807) is 0 Å². The first-order chi connectivity index (χ1) is 10.4. The second-order valence-corrected chi connectivity index (χ2v) is 5.98. The van der Waals surface area contributed by atoms with Crippen LogP contribution in [-0.4, -0.2) is 26.3 Å². The molecule has 0 radical (unpaired) electrons. The third-order valence-corrected chi connectivity index (χ3v) is 3.83. The van der Waals surface area contributed by atoms with Crippen LogP contribution < -0.4 is 5.32 Å². The number of rotatable bonds is 18. The maximum Gasteiger partial charge on any atom is 0.0590 e. The highest BCUT2D eigenvalue weighted by Crippen LogP contribution is 2.10. The van der Waals surface area contributed by atoms with E-state index in [0.717, 1.165) is 32.7 Å². The molecule has 1 N–H and O–H groups in total. The van der Waals surface area contributed by atoms with Crippen molar-refractivity contribution in [1.29, 1.82) is 0 Å². The average Bonchev–Trinajstić information content (AvgIpc) is 2.50. The summed E-state index contributed by atoms with van der Waals surface area (Å²) in [6, 6.07) is 0. The van der Waals surface area contributed by atoms with Crippen LogP contribution in [0.15, 0.2) is 12.7 Å². The van der Waals surface area contributed by atoms with Gasteiger partial charge in [0.2, 0.25) is 0 Å². The third-order valence-electron chi connectivity index (χ3n) is 3.83. The van der Waals surface area contributed by atoms with Crippen LogP contribution in [0.3, 0.4) is 0 Å². The van der Waals surface area contributed by atoms with E-state index in [0.29, 0.717) is 0 Å². The van der Waals surface area contributed by atoms with E-state index in [4.69, 9.17) is 4.74 Å². The van der Waals surface area contributed by atoms with Crippen LogP contribution >= 0.6 is 0 Å². The van der Waals surface area contributed by atoms with E-state index >= 15 is 0 Å². The minimum atomic E-state index is 0.853. The summed E-state index contributed by atoms with van der Waals surface area (Å²) in [6.07, 6.45) is 18.1. The highest BCUT2D eigenvalue weighted by atomic mass is 16.5. The molecule has 0 heterocycles. The summed E-state index contributed by atoms with van der Waals surface area (Å²) in [7, 11) is 0. The van der Waals surface area contributed by atoms with Gasteiger partial charge in [-0.2, -0.15) is 0 Å². The predicted octanol–water partition coefficient (Wildman–Crippen LogP) is 5.48. The summed E-state index contributed by atoms with van der Waals surface area (Å²) in [6.45, 7) is 9.84. The van der Waals surface area contributed by atoms with Crippen LogP contribution in [0, 0.1) is 0 Å². The fraction of sp³-hybridized carbons (Fsp3) is 0.895. The summed E-state index contributed by atoms with van der Waals surface area (Å²) in [5.41, 5.74) is 0. The Bertz CT molecular complexity index is 194. The van der Waals surface area contributed by atoms with Gasteiger partial charge in [0.1, 0.15) is 0 Å². The van der Waals surface area contributed by atoms with Crippen molar-refractivity contribution in [3.05, 3.63) is 12.7 Å². The van der Waals surface area contributed by atoms with E-state index < -0.39 is 0 Å². The minimum Gasteiger partial charge on any atom is -0.380 e. The Balaban J connectivity index is 2.91. The molecule has 0 aliphatic rings. The van der Waals surface area contributed by atoms with E-state index in [1.165, 1.54) is 70.6 Å². The first-order valence-corrected chi connectivity index (χ1v) is 9.31. The maximum absolute atomic E-state index is 5.63. The van der Waals surface area contributed by atoms with Gasteiger partial charge in [-0.05, 0) is 25.8 Å². The Morgan fingerprint density at radius 2 is 1.38 bits per heavy atom. The molecule has 0 amide bonds. The fourth-order valence-electron chi connectivity index (χ4n) is 2.43. The number of hydrogen-bond donors (Lipinski definition) is 1. The van der Waals surface area contributed by atoms with Gasteiger partial charge in [-0.15, -0.1) is 6.58 Å². The Hall–Kier alpha value is -0.340. The van der Waals surface area contributed by atoms with Crippen LogP contribution in [0.4, 0.5) is 0 Å². The number of nitrogens with one attached hydrogen (secondary N) is 1. The zero-order chi connectivity index (χ0) is 15.4. The van der Waals surface area contributed by atoms with Crippen LogP contribution in [0.1, 0.15) is 84.0 Å². The van der Waals surface area contributed by atoms with E-state index in [2.05, 4.69) is 18.8 Å². The number of unbranched alkanes of at least 4 members (excludes halogenated alkanes) is 10. The lowest BCUT2D eigenvalue weighted by Crippen LogP contribution is -2.20. The van der Waals surface area contributed by atoms with Gasteiger partial charge in [0.05, 0.1) is 6.61 Å². The van der Waals surface area contributed by atoms with Gasteiger partial charge >= 0.3 is 0 Å². The molecule has 0 saturated carbocycles. The second kappa shape index (κ2) is 19.7. The van der Waals surface area contributed by atoms with Gasteiger partial charge in [0, 0.05) is 13.2 Å². The lowest BCUT2D eigenvalue weighted by atomic mass is 10.1. The smallest absolute Gasteiger partial charge is 0.0590 e. The average molecular weight is 298 g/mol. The van der Waals surface area contributed by atoms with Gasteiger partial charge in [-0.25, -0.2) is 0 Å². The Morgan fingerprint density at radius 3 is 2.00 bits per heavy atom. The zero-order valence-electron chi connectivity index (χ0n) is 14.5. The van der Waals surface area contributed by atoms with Crippen molar-refractivity contribution in [2.24, 2.45) is 0 Å². The Morgan fingerprint density at radius 1 is 0.762 bits per heavy atom. The number of hydrogen-bond acceptors (Lipinski definition) is 2. The van der Waals surface area contributed by atoms with Crippen molar-refractivity contribution in [3.63, 3.8) is 0 Å². The molecular weight excluding hydrogens is 258 g/mol. The molecule has 0 unspecified atom stereocenters. The van der Waals surface area contributed by atoms with Crippen LogP contribution in [0.25, 0.3) is 0 Å². The van der Waals surface area contributed by atoms with Crippen molar-refractivity contribution < 1.29 is 4.74 Å². The summed E-state index contributed by atoms with van der Waals surface area (Å²) < 4.78 is 5.63. The van der Waals surface area contributed by atoms with Crippen LogP contribution in [0.2, 0.25) is 0 Å². The fourth-order valence-corrected chi connectivity index (χ4v) is 2.43. The van der Waals surface area contributed by atoms with Crippen LogP contribution in [-0.2, 0) is 4.74 Å². The summed E-state index contributed by atoms with van der Waals surface area (Å²) in [5.74, 6) is 0. The normalized spacial score (nSPS) is 10.9. The summed E-state index contributed by atoms with van der Waals surface area (Å²) in [4.78, 5) is 0. The zero-order valence-corrected chi connectivity index (χ0v) is 14.5. The molecule has 0 aromatic heterocycles. The molecule has 2 heteroatoms. The first kappa shape index (κ1) is 20.7. The topological polar surface area (TPSA) is 21.3 Å². The van der Waals surface area contributed by atoms with E-state index in [9.17, 15) is 0 Å². The highest BCUT2D eigenvalue weighted by molar-refractivity contribution is 4.66. The molecule has 21 heavy (non-hydrogen) atoms. The second-order valence-electron chi connectivity index (χ2n) is 5.98.